The molecule has 0 fully saturated rings. The van der Waals surface area contributed by atoms with Crippen molar-refractivity contribution in [3.05, 3.63) is 11.6 Å². The molecule has 0 aromatic heterocycles. The summed E-state index contributed by atoms with van der Waals surface area (Å²) in [5.74, 6) is -2.39. The fraction of sp³-hybridized carbons (Fsp3) is 0.750. The summed E-state index contributed by atoms with van der Waals surface area (Å²) in [6, 6.07) is -2.02. The van der Waals surface area contributed by atoms with E-state index < -0.39 is 42.5 Å². The minimum atomic E-state index is -1.13. The van der Waals surface area contributed by atoms with Crippen LogP contribution in [0.5, 0.6) is 0 Å². The maximum atomic E-state index is 13.2. The Hall–Kier alpha value is -2.66. The Morgan fingerprint density at radius 3 is 2.14 bits per heavy atom. The standard InChI is InChI=1S/C24H43N5O6/c1-8-16(9-2)33-18-11-15(10-17(29-24(26)27)20(18)28-14(7)30)21(31)34-23(13(5)6)35-22(32)19(25)12(3)4/h11-13,16-20,23H,8-10,25H2,1-7H3,(H,28,30)(H4,26,27,29)/t17-,18+,19?,20+,23?/m0/s1. The van der Waals surface area contributed by atoms with E-state index in [2.05, 4.69) is 10.6 Å². The SMILES string of the molecule is CCC(CC)O[C@@H]1C=C(C(=O)OC(OC(=O)C(N)C(C)C)C(C)C)C[C@H](NC(=N)N)[C@H]1NC(C)=O. The minimum Gasteiger partial charge on any atom is -0.424 e. The van der Waals surface area contributed by atoms with Gasteiger partial charge in [-0.1, -0.05) is 41.5 Å². The molecule has 0 bridgehead atoms. The molecule has 0 heterocycles. The third kappa shape index (κ3) is 9.48. The van der Waals surface area contributed by atoms with E-state index in [1.54, 1.807) is 33.8 Å². The predicted octanol–water partition coefficient (Wildman–Crippen LogP) is 1.30. The van der Waals surface area contributed by atoms with Gasteiger partial charge in [-0.15, -0.1) is 0 Å². The number of ether oxygens (including phenoxy) is 3. The van der Waals surface area contributed by atoms with Crippen LogP contribution in [-0.2, 0) is 28.6 Å². The molecule has 1 rings (SSSR count). The zero-order chi connectivity index (χ0) is 26.9. The number of rotatable bonds is 12. The number of carbonyl (C=O) groups excluding carboxylic acids is 3. The lowest BCUT2D eigenvalue weighted by Gasteiger charge is -2.39. The highest BCUT2D eigenvalue weighted by Gasteiger charge is 2.39. The molecule has 0 radical (unpaired) electrons. The predicted molar refractivity (Wildman–Crippen MR) is 132 cm³/mol. The van der Waals surface area contributed by atoms with E-state index in [0.29, 0.717) is 0 Å². The Kier molecular flexibility index (Phi) is 12.2. The van der Waals surface area contributed by atoms with Crippen molar-refractivity contribution in [2.24, 2.45) is 23.3 Å². The lowest BCUT2D eigenvalue weighted by molar-refractivity contribution is -0.195. The van der Waals surface area contributed by atoms with Gasteiger partial charge in [0.05, 0.1) is 24.3 Å². The van der Waals surface area contributed by atoms with E-state index in [1.165, 1.54) is 6.92 Å². The summed E-state index contributed by atoms with van der Waals surface area (Å²) in [7, 11) is 0. The van der Waals surface area contributed by atoms with Crippen molar-refractivity contribution < 1.29 is 28.6 Å². The van der Waals surface area contributed by atoms with Crippen molar-refractivity contribution in [2.75, 3.05) is 0 Å². The van der Waals surface area contributed by atoms with Gasteiger partial charge in [-0.2, -0.15) is 0 Å². The highest BCUT2D eigenvalue weighted by Crippen LogP contribution is 2.26. The minimum absolute atomic E-state index is 0.108. The molecule has 7 N–H and O–H groups in total. The maximum Gasteiger partial charge on any atom is 0.336 e. The number of amides is 1. The van der Waals surface area contributed by atoms with Crippen molar-refractivity contribution in [1.29, 1.82) is 5.41 Å². The van der Waals surface area contributed by atoms with E-state index in [9.17, 15) is 14.4 Å². The lowest BCUT2D eigenvalue weighted by Crippen LogP contribution is -2.60. The largest absolute Gasteiger partial charge is 0.424 e. The van der Waals surface area contributed by atoms with Crippen LogP contribution in [-0.4, -0.2) is 60.4 Å². The fourth-order valence-electron chi connectivity index (χ4n) is 3.64. The zero-order valence-corrected chi connectivity index (χ0v) is 21.9. The van der Waals surface area contributed by atoms with Gasteiger partial charge in [0.15, 0.2) is 5.96 Å². The summed E-state index contributed by atoms with van der Waals surface area (Å²) in [4.78, 5) is 37.4. The van der Waals surface area contributed by atoms with Crippen LogP contribution in [0.1, 0.15) is 67.7 Å². The van der Waals surface area contributed by atoms with Crippen LogP contribution in [0.15, 0.2) is 11.6 Å². The van der Waals surface area contributed by atoms with Gasteiger partial charge in [0.2, 0.25) is 12.2 Å². The van der Waals surface area contributed by atoms with Crippen LogP contribution in [0.4, 0.5) is 0 Å². The first-order valence-electron chi connectivity index (χ1n) is 12.2. The molecule has 11 heteroatoms. The number of nitrogens with two attached hydrogens (primary N) is 2. The molecule has 1 aliphatic carbocycles. The van der Waals surface area contributed by atoms with Gasteiger partial charge in [0.1, 0.15) is 6.04 Å². The Bertz CT molecular complexity index is 780. The highest BCUT2D eigenvalue weighted by molar-refractivity contribution is 5.89. The van der Waals surface area contributed by atoms with Crippen molar-refractivity contribution in [2.45, 2.75) is 104 Å². The molecule has 1 aliphatic rings. The normalized spacial score (nSPS) is 21.8. The van der Waals surface area contributed by atoms with Crippen LogP contribution < -0.4 is 22.1 Å². The Balaban J connectivity index is 3.23. The second-order valence-corrected chi connectivity index (χ2v) is 9.55. The fourth-order valence-corrected chi connectivity index (χ4v) is 3.64. The van der Waals surface area contributed by atoms with E-state index in [1.807, 2.05) is 13.8 Å². The molecule has 0 aromatic carbocycles. The smallest absolute Gasteiger partial charge is 0.336 e. The van der Waals surface area contributed by atoms with Crippen LogP contribution in [0, 0.1) is 17.2 Å². The van der Waals surface area contributed by atoms with Gasteiger partial charge in [-0.25, -0.2) is 4.79 Å². The van der Waals surface area contributed by atoms with Crippen molar-refractivity contribution in [1.82, 2.24) is 10.6 Å². The molecule has 0 aromatic rings. The topological polar surface area (TPSA) is 179 Å². The van der Waals surface area contributed by atoms with Gasteiger partial charge >= 0.3 is 11.9 Å². The number of carbonyl (C=O) groups is 3. The molecule has 35 heavy (non-hydrogen) atoms. The molecule has 0 aliphatic heterocycles. The van der Waals surface area contributed by atoms with Crippen LogP contribution in [0.3, 0.4) is 0 Å². The molecule has 200 valence electrons. The first kappa shape index (κ1) is 30.4. The summed E-state index contributed by atoms with van der Waals surface area (Å²) in [6.45, 7) is 12.5. The van der Waals surface area contributed by atoms with Crippen molar-refractivity contribution in [3.8, 4) is 0 Å². The molecular formula is C24H43N5O6. The molecule has 2 unspecified atom stereocenters. The summed E-state index contributed by atoms with van der Waals surface area (Å²) in [5, 5.41) is 13.3. The van der Waals surface area contributed by atoms with Crippen molar-refractivity contribution >= 4 is 23.8 Å². The van der Waals surface area contributed by atoms with E-state index in [4.69, 9.17) is 31.1 Å². The second kappa shape index (κ2) is 14.0. The Labute approximate surface area is 208 Å². The first-order chi connectivity index (χ1) is 16.3. The number of nitrogens with one attached hydrogen (secondary N) is 3. The average molecular weight is 498 g/mol. The van der Waals surface area contributed by atoms with Gasteiger partial charge in [-0.05, 0) is 24.8 Å². The van der Waals surface area contributed by atoms with Gasteiger partial charge < -0.3 is 36.3 Å². The van der Waals surface area contributed by atoms with Gasteiger partial charge in [0, 0.05) is 24.8 Å². The van der Waals surface area contributed by atoms with E-state index in [-0.39, 0.29) is 41.8 Å². The van der Waals surface area contributed by atoms with Crippen LogP contribution in [0.25, 0.3) is 0 Å². The lowest BCUT2D eigenvalue weighted by atomic mass is 9.87. The molecule has 1 amide bonds. The summed E-state index contributed by atoms with van der Waals surface area (Å²) < 4.78 is 17.2. The van der Waals surface area contributed by atoms with Gasteiger partial charge in [-0.3, -0.25) is 15.0 Å². The highest BCUT2D eigenvalue weighted by atomic mass is 16.7. The van der Waals surface area contributed by atoms with Crippen molar-refractivity contribution in [3.63, 3.8) is 0 Å². The summed E-state index contributed by atoms with van der Waals surface area (Å²) in [6.07, 6.45) is 1.29. The van der Waals surface area contributed by atoms with E-state index in [0.717, 1.165) is 12.8 Å². The van der Waals surface area contributed by atoms with Gasteiger partial charge in [0.25, 0.3) is 0 Å². The number of hydrogen-bond acceptors (Lipinski definition) is 8. The quantitative estimate of drug-likeness (QED) is 0.115. The average Bonchev–Trinajstić information content (AvgIpc) is 2.76. The summed E-state index contributed by atoms with van der Waals surface area (Å²) >= 11 is 0. The number of hydrogen-bond donors (Lipinski definition) is 5. The van der Waals surface area contributed by atoms with E-state index >= 15 is 0 Å². The molecule has 0 saturated heterocycles. The molecule has 0 spiro atoms. The Morgan fingerprint density at radius 2 is 1.69 bits per heavy atom. The van der Waals surface area contributed by atoms with Crippen LogP contribution in [0.2, 0.25) is 0 Å². The second-order valence-electron chi connectivity index (χ2n) is 9.55. The molecular weight excluding hydrogens is 454 g/mol. The zero-order valence-electron chi connectivity index (χ0n) is 21.9. The monoisotopic (exact) mass is 497 g/mol. The number of guanidine groups is 1. The molecule has 0 saturated carbocycles. The third-order valence-electron chi connectivity index (χ3n) is 5.82. The maximum absolute atomic E-state index is 13.2. The first-order valence-corrected chi connectivity index (χ1v) is 12.2. The molecule has 5 atom stereocenters. The third-order valence-corrected chi connectivity index (χ3v) is 5.82. The number of esters is 2. The Morgan fingerprint density at radius 1 is 1.09 bits per heavy atom. The summed E-state index contributed by atoms with van der Waals surface area (Å²) in [5.41, 5.74) is 11.7. The molecule has 11 nitrogen and oxygen atoms in total. The van der Waals surface area contributed by atoms with Crippen LogP contribution >= 0.6 is 0 Å².